The van der Waals surface area contributed by atoms with E-state index in [0.717, 1.165) is 19.6 Å². The topological polar surface area (TPSA) is 32.3 Å². The third-order valence-electron chi connectivity index (χ3n) is 3.87. The molecule has 1 saturated carbocycles. The van der Waals surface area contributed by atoms with Gasteiger partial charge in [0.2, 0.25) is 0 Å². The highest BCUT2D eigenvalue weighted by Gasteiger charge is 2.32. The Labute approximate surface area is 92.2 Å². The first kappa shape index (κ1) is 10.8. The van der Waals surface area contributed by atoms with Crippen molar-refractivity contribution in [3.8, 4) is 0 Å². The number of hydrogen-bond donors (Lipinski definition) is 1. The molecule has 1 heterocycles. The highest BCUT2D eigenvalue weighted by Crippen LogP contribution is 2.39. The number of carbonyl (C=O) groups excluding carboxylic acids is 1. The summed E-state index contributed by atoms with van der Waals surface area (Å²) in [5.74, 6) is 0. The van der Waals surface area contributed by atoms with Crippen LogP contribution in [0, 0.1) is 5.41 Å². The Kier molecular flexibility index (Phi) is 3.17. The van der Waals surface area contributed by atoms with Crippen LogP contribution in [0.15, 0.2) is 0 Å². The van der Waals surface area contributed by atoms with Gasteiger partial charge in [0.1, 0.15) is 0 Å². The Morgan fingerprint density at radius 3 is 2.40 bits per heavy atom. The number of urea groups is 1. The molecule has 0 atom stereocenters. The van der Waals surface area contributed by atoms with Crippen LogP contribution in [0.5, 0.6) is 0 Å². The fourth-order valence-electron chi connectivity index (χ4n) is 2.45. The molecule has 1 aliphatic heterocycles. The predicted octanol–water partition coefficient (Wildman–Crippen LogP) is 2.37. The van der Waals surface area contributed by atoms with Crippen molar-refractivity contribution in [3.05, 3.63) is 0 Å². The zero-order valence-corrected chi connectivity index (χ0v) is 9.72. The first-order valence-electron chi connectivity index (χ1n) is 6.22. The van der Waals surface area contributed by atoms with Crippen molar-refractivity contribution in [1.29, 1.82) is 0 Å². The van der Waals surface area contributed by atoms with Gasteiger partial charge in [-0.2, -0.15) is 0 Å². The lowest BCUT2D eigenvalue weighted by Gasteiger charge is -2.39. The average Bonchev–Trinajstić information content (AvgIpc) is 2.24. The molecule has 2 amide bonds. The normalized spacial score (nSPS) is 24.5. The van der Waals surface area contributed by atoms with E-state index in [0.29, 0.717) is 5.41 Å². The quantitative estimate of drug-likeness (QED) is 0.745. The average molecular weight is 210 g/mol. The minimum Gasteiger partial charge on any atom is -0.337 e. The van der Waals surface area contributed by atoms with Crippen molar-refractivity contribution in [1.82, 2.24) is 10.2 Å². The maximum atomic E-state index is 11.8. The molecule has 1 N–H and O–H groups in total. The van der Waals surface area contributed by atoms with Crippen LogP contribution in [0.25, 0.3) is 0 Å². The van der Waals surface area contributed by atoms with E-state index in [1.165, 1.54) is 38.5 Å². The number of rotatable bonds is 2. The monoisotopic (exact) mass is 210 g/mol. The number of amides is 2. The first-order valence-corrected chi connectivity index (χ1v) is 6.22. The Morgan fingerprint density at radius 1 is 1.20 bits per heavy atom. The molecule has 0 spiro atoms. The SMILES string of the molecule is CC1(CNC(=O)N2CCCCC2)CCC1. The Morgan fingerprint density at radius 2 is 1.87 bits per heavy atom. The van der Waals surface area contributed by atoms with Crippen molar-refractivity contribution in [2.45, 2.75) is 45.4 Å². The summed E-state index contributed by atoms with van der Waals surface area (Å²) < 4.78 is 0. The van der Waals surface area contributed by atoms with E-state index in [2.05, 4.69) is 12.2 Å². The van der Waals surface area contributed by atoms with Crippen molar-refractivity contribution in [2.75, 3.05) is 19.6 Å². The van der Waals surface area contributed by atoms with Crippen LogP contribution in [-0.2, 0) is 0 Å². The third kappa shape index (κ3) is 2.64. The first-order chi connectivity index (χ1) is 7.20. The van der Waals surface area contributed by atoms with Crippen LogP contribution in [0.4, 0.5) is 4.79 Å². The number of nitrogens with one attached hydrogen (secondary N) is 1. The summed E-state index contributed by atoms with van der Waals surface area (Å²) in [5, 5.41) is 3.08. The number of hydrogen-bond acceptors (Lipinski definition) is 1. The van der Waals surface area contributed by atoms with Gasteiger partial charge in [-0.1, -0.05) is 13.3 Å². The van der Waals surface area contributed by atoms with Crippen LogP contribution >= 0.6 is 0 Å². The van der Waals surface area contributed by atoms with Crippen molar-refractivity contribution < 1.29 is 4.79 Å². The minimum atomic E-state index is 0.155. The van der Waals surface area contributed by atoms with Gasteiger partial charge in [-0.05, 0) is 37.5 Å². The third-order valence-corrected chi connectivity index (χ3v) is 3.87. The molecule has 0 aromatic carbocycles. The molecule has 86 valence electrons. The second kappa shape index (κ2) is 4.42. The van der Waals surface area contributed by atoms with Crippen LogP contribution in [0.1, 0.15) is 45.4 Å². The van der Waals surface area contributed by atoms with E-state index >= 15 is 0 Å². The lowest BCUT2D eigenvalue weighted by molar-refractivity contribution is 0.143. The van der Waals surface area contributed by atoms with E-state index in [1.807, 2.05) is 4.90 Å². The van der Waals surface area contributed by atoms with Gasteiger partial charge in [0.25, 0.3) is 0 Å². The van der Waals surface area contributed by atoms with Crippen molar-refractivity contribution >= 4 is 6.03 Å². The van der Waals surface area contributed by atoms with Crippen LogP contribution in [0.3, 0.4) is 0 Å². The highest BCUT2D eigenvalue weighted by molar-refractivity contribution is 5.74. The van der Waals surface area contributed by atoms with Gasteiger partial charge < -0.3 is 10.2 Å². The second-order valence-electron chi connectivity index (χ2n) is 5.37. The molecule has 1 saturated heterocycles. The van der Waals surface area contributed by atoms with Gasteiger partial charge in [-0.25, -0.2) is 4.79 Å². The summed E-state index contributed by atoms with van der Waals surface area (Å²) in [4.78, 5) is 13.8. The number of nitrogens with zero attached hydrogens (tertiary/aromatic N) is 1. The highest BCUT2D eigenvalue weighted by atomic mass is 16.2. The van der Waals surface area contributed by atoms with Gasteiger partial charge in [0.15, 0.2) is 0 Å². The molecule has 0 bridgehead atoms. The molecule has 0 radical (unpaired) electrons. The molecule has 15 heavy (non-hydrogen) atoms. The fraction of sp³-hybridized carbons (Fsp3) is 0.917. The lowest BCUT2D eigenvalue weighted by Crippen LogP contribution is -2.47. The van der Waals surface area contributed by atoms with Gasteiger partial charge >= 0.3 is 6.03 Å². The van der Waals surface area contributed by atoms with E-state index in [1.54, 1.807) is 0 Å². The molecule has 3 heteroatoms. The second-order valence-corrected chi connectivity index (χ2v) is 5.37. The van der Waals surface area contributed by atoms with E-state index in [-0.39, 0.29) is 6.03 Å². The van der Waals surface area contributed by atoms with Crippen molar-refractivity contribution in [2.24, 2.45) is 5.41 Å². The van der Waals surface area contributed by atoms with Gasteiger partial charge in [0, 0.05) is 19.6 Å². The van der Waals surface area contributed by atoms with E-state index in [4.69, 9.17) is 0 Å². The lowest BCUT2D eigenvalue weighted by atomic mass is 9.70. The molecule has 0 aromatic heterocycles. The maximum absolute atomic E-state index is 11.8. The summed E-state index contributed by atoms with van der Waals surface area (Å²) in [7, 11) is 0. The van der Waals surface area contributed by atoms with Gasteiger partial charge in [0.05, 0.1) is 0 Å². The summed E-state index contributed by atoms with van der Waals surface area (Å²) in [6, 6.07) is 0.155. The van der Waals surface area contributed by atoms with Crippen molar-refractivity contribution in [3.63, 3.8) is 0 Å². The van der Waals surface area contributed by atoms with E-state index < -0.39 is 0 Å². The maximum Gasteiger partial charge on any atom is 0.317 e. The standard InChI is InChI=1S/C12H22N2O/c1-12(6-5-7-12)10-13-11(15)14-8-3-2-4-9-14/h2-10H2,1H3,(H,13,15). The predicted molar refractivity (Wildman–Crippen MR) is 60.8 cm³/mol. The summed E-state index contributed by atoms with van der Waals surface area (Å²) >= 11 is 0. The Bertz CT molecular complexity index is 230. The largest absolute Gasteiger partial charge is 0.337 e. The summed E-state index contributed by atoms with van der Waals surface area (Å²) in [6.45, 7) is 5.03. The molecule has 3 nitrogen and oxygen atoms in total. The van der Waals surface area contributed by atoms with Gasteiger partial charge in [-0.3, -0.25) is 0 Å². The van der Waals surface area contributed by atoms with Crippen LogP contribution < -0.4 is 5.32 Å². The number of carbonyl (C=O) groups is 1. The van der Waals surface area contributed by atoms with Gasteiger partial charge in [-0.15, -0.1) is 0 Å². The Balaban J connectivity index is 1.71. The molecule has 2 fully saturated rings. The number of piperidine rings is 1. The molecule has 1 aliphatic carbocycles. The fourth-order valence-corrected chi connectivity index (χ4v) is 2.45. The molecule has 0 unspecified atom stereocenters. The number of likely N-dealkylation sites (tertiary alicyclic amines) is 1. The molecular weight excluding hydrogens is 188 g/mol. The molecule has 2 rings (SSSR count). The smallest absolute Gasteiger partial charge is 0.317 e. The van der Waals surface area contributed by atoms with E-state index in [9.17, 15) is 4.79 Å². The van der Waals surface area contributed by atoms with Crippen LogP contribution in [-0.4, -0.2) is 30.6 Å². The summed E-state index contributed by atoms with van der Waals surface area (Å²) in [5.41, 5.74) is 0.394. The Hall–Kier alpha value is -0.730. The minimum absolute atomic E-state index is 0.155. The van der Waals surface area contributed by atoms with Crippen LogP contribution in [0.2, 0.25) is 0 Å². The molecular formula is C12H22N2O. The zero-order chi connectivity index (χ0) is 10.7. The molecule has 0 aromatic rings. The summed E-state index contributed by atoms with van der Waals surface area (Å²) in [6.07, 6.45) is 7.49. The zero-order valence-electron chi connectivity index (χ0n) is 9.72. The molecule has 2 aliphatic rings.